The summed E-state index contributed by atoms with van der Waals surface area (Å²) in [6.45, 7) is 6.58. The van der Waals surface area contributed by atoms with Crippen molar-refractivity contribution in [3.05, 3.63) is 72.9 Å². The molecular weight excluding hydrogens is 1020 g/mol. The standard InChI is InChI=1S/C77H138O6/c1-4-7-10-13-16-19-22-25-27-29-31-33-35-37-38-40-41-43-45-47-49-52-55-58-61-64-67-70-76(79)82-73-74(72-81-75(78)69-66-63-60-57-54-51-24-21-18-15-12-9-6-3)83-77(80)71-68-65-62-59-56-53-50-48-46-44-42-39-36-34-32-30-28-26-23-20-17-14-11-8-5-2/h8,11,17,20,26,28-29,31-32,34,39,42,74H,4-7,9-10,12-16,18-19,21-25,27,30,33,35-38,40-41,43-73H2,1-3H3/b11-8-,20-17-,28-26-,31-29-,34-32-,42-39-. The Morgan fingerprint density at radius 1 is 0.253 bits per heavy atom. The van der Waals surface area contributed by atoms with Crippen molar-refractivity contribution in [3.63, 3.8) is 0 Å². The lowest BCUT2D eigenvalue weighted by Crippen LogP contribution is -2.30. The summed E-state index contributed by atoms with van der Waals surface area (Å²) in [6.07, 6.45) is 93.6. The maximum Gasteiger partial charge on any atom is 0.306 e. The molecule has 0 amide bonds. The van der Waals surface area contributed by atoms with Crippen LogP contribution in [0.25, 0.3) is 0 Å². The van der Waals surface area contributed by atoms with Crippen LogP contribution >= 0.6 is 0 Å². The number of hydrogen-bond donors (Lipinski definition) is 0. The van der Waals surface area contributed by atoms with Crippen LogP contribution in [-0.4, -0.2) is 37.2 Å². The van der Waals surface area contributed by atoms with Crippen molar-refractivity contribution in [1.29, 1.82) is 0 Å². The monoisotopic (exact) mass is 1160 g/mol. The molecule has 0 aromatic rings. The Labute approximate surface area is 516 Å². The normalized spacial score (nSPS) is 12.5. The average Bonchev–Trinajstić information content (AvgIpc) is 3.49. The molecule has 0 heterocycles. The Bertz CT molecular complexity index is 1520. The van der Waals surface area contributed by atoms with Crippen LogP contribution in [0, 0.1) is 0 Å². The van der Waals surface area contributed by atoms with Crippen molar-refractivity contribution in [2.45, 2.75) is 386 Å². The first-order chi connectivity index (χ1) is 41.0. The quantitative estimate of drug-likeness (QED) is 0.0261. The number of unbranched alkanes of at least 4 members (excludes halogenated alkanes) is 44. The first-order valence-electron chi connectivity index (χ1n) is 36.4. The topological polar surface area (TPSA) is 78.9 Å². The van der Waals surface area contributed by atoms with E-state index in [1.807, 2.05) is 0 Å². The lowest BCUT2D eigenvalue weighted by atomic mass is 10.0. The van der Waals surface area contributed by atoms with E-state index in [1.165, 1.54) is 244 Å². The van der Waals surface area contributed by atoms with Crippen molar-refractivity contribution < 1.29 is 28.6 Å². The molecule has 83 heavy (non-hydrogen) atoms. The lowest BCUT2D eigenvalue weighted by Gasteiger charge is -2.18. The van der Waals surface area contributed by atoms with E-state index in [9.17, 15) is 14.4 Å². The summed E-state index contributed by atoms with van der Waals surface area (Å²) in [7, 11) is 0. The molecule has 0 fully saturated rings. The van der Waals surface area contributed by atoms with Gasteiger partial charge in [-0.3, -0.25) is 14.4 Å². The second-order valence-corrected chi connectivity index (χ2v) is 24.5. The Hall–Kier alpha value is -3.15. The van der Waals surface area contributed by atoms with Crippen LogP contribution in [-0.2, 0) is 28.6 Å². The Morgan fingerprint density at radius 3 is 0.747 bits per heavy atom. The minimum atomic E-state index is -0.778. The van der Waals surface area contributed by atoms with Crippen LogP contribution < -0.4 is 0 Å². The molecular formula is C77H138O6. The Morgan fingerprint density at radius 2 is 0.470 bits per heavy atom. The highest BCUT2D eigenvalue weighted by Crippen LogP contribution is 2.18. The summed E-state index contributed by atoms with van der Waals surface area (Å²) in [4.78, 5) is 38.5. The third kappa shape index (κ3) is 69.5. The van der Waals surface area contributed by atoms with Gasteiger partial charge in [0.25, 0.3) is 0 Å². The largest absolute Gasteiger partial charge is 0.462 e. The molecule has 0 bridgehead atoms. The summed E-state index contributed by atoms with van der Waals surface area (Å²) in [6, 6.07) is 0. The predicted molar refractivity (Wildman–Crippen MR) is 362 cm³/mol. The maximum absolute atomic E-state index is 13.0. The highest BCUT2D eigenvalue weighted by atomic mass is 16.6. The fourth-order valence-corrected chi connectivity index (χ4v) is 10.8. The molecule has 0 N–H and O–H groups in total. The van der Waals surface area contributed by atoms with Gasteiger partial charge in [0.1, 0.15) is 13.2 Å². The molecule has 1 atom stereocenters. The van der Waals surface area contributed by atoms with Crippen LogP contribution in [0.15, 0.2) is 72.9 Å². The van der Waals surface area contributed by atoms with Gasteiger partial charge >= 0.3 is 17.9 Å². The van der Waals surface area contributed by atoms with Gasteiger partial charge in [-0.1, -0.05) is 344 Å². The van der Waals surface area contributed by atoms with Gasteiger partial charge in [-0.15, -0.1) is 0 Å². The highest BCUT2D eigenvalue weighted by molar-refractivity contribution is 5.71. The van der Waals surface area contributed by atoms with E-state index >= 15 is 0 Å². The number of rotatable bonds is 67. The molecule has 0 saturated carbocycles. The number of carbonyl (C=O) groups excluding carboxylic acids is 3. The lowest BCUT2D eigenvalue weighted by molar-refractivity contribution is -0.167. The van der Waals surface area contributed by atoms with Crippen LogP contribution in [0.3, 0.4) is 0 Å². The van der Waals surface area contributed by atoms with Gasteiger partial charge in [0.15, 0.2) is 6.10 Å². The fraction of sp³-hybridized carbons (Fsp3) is 0.805. The number of allylic oxidation sites excluding steroid dienone is 12. The molecule has 482 valence electrons. The predicted octanol–water partition coefficient (Wildman–Crippen LogP) is 25.2. The molecule has 0 saturated heterocycles. The Kier molecular flexibility index (Phi) is 68.6. The minimum absolute atomic E-state index is 0.0731. The minimum Gasteiger partial charge on any atom is -0.462 e. The fourth-order valence-electron chi connectivity index (χ4n) is 10.8. The summed E-state index contributed by atoms with van der Waals surface area (Å²) in [5.74, 6) is -0.855. The van der Waals surface area contributed by atoms with Crippen LogP contribution in [0.4, 0.5) is 0 Å². The van der Waals surface area contributed by atoms with Crippen molar-refractivity contribution in [1.82, 2.24) is 0 Å². The SMILES string of the molecule is CC/C=C\C/C=C\C/C=C\C/C=C\C/C=C\CCCCCCCCCCCC(=O)OC(COC(=O)CCCCCCCCCCCCCCC)COC(=O)CCCCCCCCCCCCCCCCC/C=C\CCCCCCCCCC. The maximum atomic E-state index is 13.0. The summed E-state index contributed by atoms with van der Waals surface area (Å²) < 4.78 is 17.0. The third-order valence-electron chi connectivity index (χ3n) is 16.2. The molecule has 1 unspecified atom stereocenters. The van der Waals surface area contributed by atoms with Gasteiger partial charge in [-0.05, 0) is 89.9 Å². The average molecular weight is 1160 g/mol. The van der Waals surface area contributed by atoms with Crippen LogP contribution in [0.5, 0.6) is 0 Å². The summed E-state index contributed by atoms with van der Waals surface area (Å²) >= 11 is 0. The van der Waals surface area contributed by atoms with Crippen molar-refractivity contribution in [2.24, 2.45) is 0 Å². The third-order valence-corrected chi connectivity index (χ3v) is 16.2. The number of carbonyl (C=O) groups is 3. The zero-order valence-corrected chi connectivity index (χ0v) is 55.5. The second kappa shape index (κ2) is 71.3. The summed E-state index contributed by atoms with van der Waals surface area (Å²) in [5, 5.41) is 0. The molecule has 0 aliphatic heterocycles. The van der Waals surface area contributed by atoms with Crippen LogP contribution in [0.2, 0.25) is 0 Å². The van der Waals surface area contributed by atoms with Crippen molar-refractivity contribution in [3.8, 4) is 0 Å². The number of ether oxygens (including phenoxy) is 3. The summed E-state index contributed by atoms with van der Waals surface area (Å²) in [5.41, 5.74) is 0. The van der Waals surface area contributed by atoms with Crippen molar-refractivity contribution in [2.75, 3.05) is 13.2 Å². The van der Waals surface area contributed by atoms with E-state index in [-0.39, 0.29) is 31.1 Å². The number of esters is 3. The van der Waals surface area contributed by atoms with E-state index in [0.717, 1.165) is 96.3 Å². The van der Waals surface area contributed by atoms with Gasteiger partial charge in [0.2, 0.25) is 0 Å². The van der Waals surface area contributed by atoms with E-state index < -0.39 is 6.10 Å². The molecule has 0 aliphatic carbocycles. The zero-order chi connectivity index (χ0) is 59.9. The first kappa shape index (κ1) is 79.8. The Balaban J connectivity index is 4.25. The molecule has 0 aliphatic rings. The smallest absolute Gasteiger partial charge is 0.306 e. The van der Waals surface area contributed by atoms with E-state index in [4.69, 9.17) is 14.2 Å². The van der Waals surface area contributed by atoms with Crippen molar-refractivity contribution >= 4 is 17.9 Å². The van der Waals surface area contributed by atoms with Crippen LogP contribution in [0.1, 0.15) is 380 Å². The van der Waals surface area contributed by atoms with Gasteiger partial charge in [0.05, 0.1) is 0 Å². The van der Waals surface area contributed by atoms with Gasteiger partial charge < -0.3 is 14.2 Å². The molecule has 0 spiro atoms. The van der Waals surface area contributed by atoms with E-state index in [1.54, 1.807) is 0 Å². The van der Waals surface area contributed by atoms with E-state index in [0.29, 0.717) is 19.3 Å². The molecule has 6 heteroatoms. The molecule has 6 nitrogen and oxygen atoms in total. The van der Waals surface area contributed by atoms with Gasteiger partial charge in [-0.25, -0.2) is 0 Å². The van der Waals surface area contributed by atoms with Gasteiger partial charge in [-0.2, -0.15) is 0 Å². The molecule has 0 aromatic heterocycles. The highest BCUT2D eigenvalue weighted by Gasteiger charge is 2.19. The molecule has 0 radical (unpaired) electrons. The second-order valence-electron chi connectivity index (χ2n) is 24.5. The zero-order valence-electron chi connectivity index (χ0n) is 55.5. The van der Waals surface area contributed by atoms with E-state index in [2.05, 4.69) is 93.7 Å². The van der Waals surface area contributed by atoms with Gasteiger partial charge in [0, 0.05) is 19.3 Å². The number of hydrogen-bond acceptors (Lipinski definition) is 6. The molecule has 0 aromatic carbocycles. The first-order valence-corrected chi connectivity index (χ1v) is 36.4. The molecule has 0 rings (SSSR count).